The molecule has 0 amide bonds. The van der Waals surface area contributed by atoms with Crippen LogP contribution in [-0.4, -0.2) is 50.8 Å². The maximum atomic E-state index is 12.1. The van der Waals surface area contributed by atoms with Crippen LogP contribution in [-0.2, 0) is 9.84 Å². The predicted octanol–water partition coefficient (Wildman–Crippen LogP) is 4.29. The van der Waals surface area contributed by atoms with Gasteiger partial charge in [0.2, 0.25) is 0 Å². The van der Waals surface area contributed by atoms with Crippen molar-refractivity contribution in [1.29, 1.82) is 0 Å². The van der Waals surface area contributed by atoms with Gasteiger partial charge in [0, 0.05) is 32.4 Å². The Morgan fingerprint density at radius 2 is 1.38 bits per heavy atom. The Kier molecular flexibility index (Phi) is 4.65. The molecule has 29 heavy (non-hydrogen) atoms. The highest BCUT2D eigenvalue weighted by Gasteiger charge is 2.24. The largest absolute Gasteiger partial charge is 0.345 e. The van der Waals surface area contributed by atoms with Gasteiger partial charge in [-0.05, 0) is 24.3 Å². The summed E-state index contributed by atoms with van der Waals surface area (Å²) in [5, 5.41) is 2.53. The number of sulfone groups is 1. The molecule has 0 atom stereocenters. The number of para-hydroxylation sites is 2. The Morgan fingerprint density at radius 3 is 1.93 bits per heavy atom. The lowest BCUT2D eigenvalue weighted by Crippen LogP contribution is -2.46. The Hall–Kier alpha value is -1.94. The molecule has 3 heterocycles. The van der Waals surface area contributed by atoms with Crippen LogP contribution in [0, 0.1) is 0 Å². The zero-order valence-corrected chi connectivity index (χ0v) is 18.7. The summed E-state index contributed by atoms with van der Waals surface area (Å²) < 4.78 is 26.1. The van der Waals surface area contributed by atoms with E-state index in [1.165, 1.54) is 17.6 Å². The Bertz CT molecular complexity index is 1320. The molecule has 5 rings (SSSR count). The van der Waals surface area contributed by atoms with Crippen molar-refractivity contribution in [3.8, 4) is 0 Å². The lowest BCUT2D eigenvalue weighted by atomic mass is 10.3. The van der Waals surface area contributed by atoms with Crippen LogP contribution in [0.3, 0.4) is 0 Å². The molecule has 4 aromatic rings. The molecule has 150 valence electrons. The second-order valence-electron chi connectivity index (χ2n) is 6.93. The molecule has 0 spiro atoms. The van der Waals surface area contributed by atoms with Crippen molar-refractivity contribution in [1.82, 2.24) is 9.97 Å². The van der Waals surface area contributed by atoms with E-state index in [9.17, 15) is 8.42 Å². The van der Waals surface area contributed by atoms with Gasteiger partial charge in [0.25, 0.3) is 0 Å². The average molecular weight is 465 g/mol. The van der Waals surface area contributed by atoms with Crippen molar-refractivity contribution in [3.05, 3.63) is 41.4 Å². The number of hydrogen-bond donors (Lipinski definition) is 0. The van der Waals surface area contributed by atoms with Gasteiger partial charge in [-0.25, -0.2) is 18.4 Å². The number of benzene rings is 2. The lowest BCUT2D eigenvalue weighted by Gasteiger charge is -2.34. The molecule has 1 saturated heterocycles. The minimum Gasteiger partial charge on any atom is -0.345 e. The first kappa shape index (κ1) is 19.0. The second-order valence-corrected chi connectivity index (χ2v) is 11.3. The Balaban J connectivity index is 1.38. The van der Waals surface area contributed by atoms with Gasteiger partial charge >= 0.3 is 0 Å². The lowest BCUT2D eigenvalue weighted by molar-refractivity contribution is 0.602. The van der Waals surface area contributed by atoms with Crippen molar-refractivity contribution < 1.29 is 8.42 Å². The van der Waals surface area contributed by atoms with Gasteiger partial charge in [0.15, 0.2) is 20.1 Å². The Morgan fingerprint density at radius 1 is 0.862 bits per heavy atom. The molecule has 0 bridgehead atoms. The minimum absolute atomic E-state index is 0.294. The molecule has 2 aromatic heterocycles. The number of halogens is 1. The van der Waals surface area contributed by atoms with Crippen LogP contribution in [0.4, 0.5) is 10.3 Å². The quantitative estimate of drug-likeness (QED) is 0.450. The number of thiazole rings is 2. The summed E-state index contributed by atoms with van der Waals surface area (Å²) in [5.41, 5.74) is 1.43. The van der Waals surface area contributed by atoms with E-state index in [0.717, 1.165) is 51.4 Å². The van der Waals surface area contributed by atoms with Crippen LogP contribution in [0.5, 0.6) is 0 Å². The normalized spacial score (nSPS) is 15.5. The highest BCUT2D eigenvalue weighted by atomic mass is 35.5. The molecule has 6 nitrogen and oxygen atoms in total. The smallest absolute Gasteiger partial charge is 0.186 e. The second kappa shape index (κ2) is 7.09. The van der Waals surface area contributed by atoms with E-state index < -0.39 is 9.84 Å². The third kappa shape index (κ3) is 3.46. The summed E-state index contributed by atoms with van der Waals surface area (Å²) in [6.07, 6.45) is 1.23. The third-order valence-corrected chi connectivity index (χ3v) is 8.55. The SMILES string of the molecule is CS(=O)(=O)c1cccc2sc(N3CCN(c4nc5c(Cl)cccc5s4)CC3)nc12. The van der Waals surface area contributed by atoms with E-state index in [4.69, 9.17) is 16.6 Å². The van der Waals surface area contributed by atoms with E-state index in [1.54, 1.807) is 23.5 Å². The minimum atomic E-state index is -3.31. The first-order valence-electron chi connectivity index (χ1n) is 9.05. The molecule has 0 radical (unpaired) electrons. The molecule has 0 unspecified atom stereocenters. The Labute approximate surface area is 181 Å². The van der Waals surface area contributed by atoms with E-state index >= 15 is 0 Å². The molecule has 1 aliphatic heterocycles. The molecular formula is C19H17ClN4O2S3. The van der Waals surface area contributed by atoms with E-state index in [1.807, 2.05) is 24.3 Å². The van der Waals surface area contributed by atoms with Gasteiger partial charge in [0.1, 0.15) is 11.0 Å². The molecule has 2 aromatic carbocycles. The van der Waals surface area contributed by atoms with Crippen molar-refractivity contribution >= 4 is 74.8 Å². The summed E-state index contributed by atoms with van der Waals surface area (Å²) in [4.78, 5) is 14.2. The molecule has 10 heteroatoms. The highest BCUT2D eigenvalue weighted by Crippen LogP contribution is 2.35. The summed E-state index contributed by atoms with van der Waals surface area (Å²) in [6.45, 7) is 3.26. The molecule has 0 aliphatic carbocycles. The summed E-state index contributed by atoms with van der Waals surface area (Å²) in [5.74, 6) is 0. The fourth-order valence-corrected chi connectivity index (χ4v) is 6.73. The maximum Gasteiger partial charge on any atom is 0.186 e. The third-order valence-electron chi connectivity index (χ3n) is 4.95. The van der Waals surface area contributed by atoms with Crippen molar-refractivity contribution in [3.63, 3.8) is 0 Å². The zero-order valence-electron chi connectivity index (χ0n) is 15.5. The van der Waals surface area contributed by atoms with Gasteiger partial charge in [0.05, 0.1) is 19.3 Å². The fourth-order valence-electron chi connectivity index (χ4n) is 3.47. The number of hydrogen-bond acceptors (Lipinski definition) is 8. The molecule has 0 saturated carbocycles. The number of aromatic nitrogens is 2. The van der Waals surface area contributed by atoms with Gasteiger partial charge in [-0.2, -0.15) is 0 Å². The number of nitrogens with zero attached hydrogens (tertiary/aromatic N) is 4. The molecular weight excluding hydrogens is 448 g/mol. The first-order valence-corrected chi connectivity index (χ1v) is 12.9. The first-order chi connectivity index (χ1) is 13.9. The van der Waals surface area contributed by atoms with E-state index in [0.29, 0.717) is 15.4 Å². The zero-order chi connectivity index (χ0) is 20.2. The van der Waals surface area contributed by atoms with Crippen LogP contribution in [0.1, 0.15) is 0 Å². The standard InChI is InChI=1S/C19H17ClN4O2S3/c1-29(25,26)15-7-3-6-14-17(15)22-19(28-14)24-10-8-23(9-11-24)18-21-16-12(20)4-2-5-13(16)27-18/h2-7H,8-11H2,1H3. The van der Waals surface area contributed by atoms with E-state index in [-0.39, 0.29) is 0 Å². The van der Waals surface area contributed by atoms with Gasteiger partial charge in [-0.1, -0.05) is 46.4 Å². The fraction of sp³-hybridized carbons (Fsp3) is 0.263. The van der Waals surface area contributed by atoms with Crippen molar-refractivity contribution in [2.24, 2.45) is 0 Å². The molecule has 1 fully saturated rings. The summed E-state index contributed by atoms with van der Waals surface area (Å²) >= 11 is 9.46. The summed E-state index contributed by atoms with van der Waals surface area (Å²) in [6, 6.07) is 11.2. The average Bonchev–Trinajstić information content (AvgIpc) is 3.32. The van der Waals surface area contributed by atoms with Crippen molar-refractivity contribution in [2.75, 3.05) is 42.2 Å². The van der Waals surface area contributed by atoms with Crippen LogP contribution in [0.25, 0.3) is 20.4 Å². The topological polar surface area (TPSA) is 66.4 Å². The van der Waals surface area contributed by atoms with Crippen LogP contribution >= 0.6 is 34.3 Å². The molecule has 0 N–H and O–H groups in total. The number of rotatable bonds is 3. The predicted molar refractivity (Wildman–Crippen MR) is 122 cm³/mol. The number of piperazine rings is 1. The van der Waals surface area contributed by atoms with Crippen LogP contribution in [0.2, 0.25) is 5.02 Å². The number of anilines is 2. The monoisotopic (exact) mass is 464 g/mol. The van der Waals surface area contributed by atoms with Crippen molar-refractivity contribution in [2.45, 2.75) is 4.90 Å². The van der Waals surface area contributed by atoms with Gasteiger partial charge < -0.3 is 9.80 Å². The number of fused-ring (bicyclic) bond motifs is 2. The summed E-state index contributed by atoms with van der Waals surface area (Å²) in [7, 11) is -3.31. The van der Waals surface area contributed by atoms with Gasteiger partial charge in [-0.15, -0.1) is 0 Å². The van der Waals surface area contributed by atoms with Gasteiger partial charge in [-0.3, -0.25) is 0 Å². The maximum absolute atomic E-state index is 12.1. The highest BCUT2D eigenvalue weighted by molar-refractivity contribution is 7.91. The van der Waals surface area contributed by atoms with Crippen LogP contribution in [0.15, 0.2) is 41.3 Å². The van der Waals surface area contributed by atoms with Crippen LogP contribution < -0.4 is 9.80 Å². The van der Waals surface area contributed by atoms with E-state index in [2.05, 4.69) is 14.8 Å². The molecule has 1 aliphatic rings.